The molecule has 0 aliphatic carbocycles. The molecule has 0 aromatic carbocycles. The highest BCUT2D eigenvalue weighted by Crippen LogP contribution is 2.11. The predicted octanol–water partition coefficient (Wildman–Crippen LogP) is 1.60. The number of pyridine rings is 1. The Bertz CT molecular complexity index is 314. The summed E-state index contributed by atoms with van der Waals surface area (Å²) >= 11 is 0. The Balaban J connectivity index is 2.49. The Morgan fingerprint density at radius 1 is 1.60 bits per heavy atom. The maximum atomic E-state index is 10.5. The van der Waals surface area contributed by atoms with Crippen molar-refractivity contribution in [1.82, 2.24) is 10.3 Å². The van der Waals surface area contributed by atoms with Crippen LogP contribution in [0.2, 0.25) is 0 Å². The quantitative estimate of drug-likeness (QED) is 0.771. The van der Waals surface area contributed by atoms with Crippen molar-refractivity contribution < 1.29 is 9.90 Å². The molecule has 0 amide bonds. The second kappa shape index (κ2) is 5.46. The first kappa shape index (κ1) is 11.7. The first-order valence-electron chi connectivity index (χ1n) is 4.97. The van der Waals surface area contributed by atoms with Gasteiger partial charge in [0, 0.05) is 24.5 Å². The number of nitrogens with one attached hydrogen (secondary N) is 1. The van der Waals surface area contributed by atoms with Gasteiger partial charge in [0.05, 0.1) is 6.42 Å². The van der Waals surface area contributed by atoms with E-state index < -0.39 is 5.97 Å². The lowest BCUT2D eigenvalue weighted by molar-refractivity contribution is -0.137. The molecule has 0 saturated carbocycles. The molecule has 82 valence electrons. The van der Waals surface area contributed by atoms with E-state index in [4.69, 9.17) is 5.11 Å². The molecule has 0 radical (unpaired) electrons. The third-order valence-electron chi connectivity index (χ3n) is 2.20. The highest BCUT2D eigenvalue weighted by molar-refractivity contribution is 5.67. The van der Waals surface area contributed by atoms with Crippen LogP contribution >= 0.6 is 0 Å². The molecule has 0 saturated heterocycles. The fourth-order valence-corrected chi connectivity index (χ4v) is 1.48. The minimum absolute atomic E-state index is 0.0438. The Labute approximate surface area is 89.3 Å². The smallest absolute Gasteiger partial charge is 0.304 e. The van der Waals surface area contributed by atoms with Crippen LogP contribution in [0.5, 0.6) is 0 Å². The van der Waals surface area contributed by atoms with E-state index in [0.717, 1.165) is 5.56 Å². The first-order chi connectivity index (χ1) is 7.09. The lowest BCUT2D eigenvalue weighted by Crippen LogP contribution is -2.30. The van der Waals surface area contributed by atoms with E-state index in [9.17, 15) is 4.79 Å². The van der Waals surface area contributed by atoms with Crippen LogP contribution < -0.4 is 5.32 Å². The summed E-state index contributed by atoms with van der Waals surface area (Å²) in [5.74, 6) is -0.784. The van der Waals surface area contributed by atoms with Gasteiger partial charge in [-0.1, -0.05) is 6.07 Å². The van der Waals surface area contributed by atoms with Gasteiger partial charge in [0.2, 0.25) is 0 Å². The van der Waals surface area contributed by atoms with Gasteiger partial charge in [-0.15, -0.1) is 0 Å². The van der Waals surface area contributed by atoms with E-state index in [1.165, 1.54) is 0 Å². The summed E-state index contributed by atoms with van der Waals surface area (Å²) in [7, 11) is 0. The maximum absolute atomic E-state index is 10.5. The van der Waals surface area contributed by atoms with E-state index in [1.807, 2.05) is 26.0 Å². The number of carboxylic acid groups (broad SMARTS) is 1. The lowest BCUT2D eigenvalue weighted by Gasteiger charge is -2.18. The van der Waals surface area contributed by atoms with Gasteiger partial charge in [-0.2, -0.15) is 0 Å². The van der Waals surface area contributed by atoms with Crippen LogP contribution in [-0.4, -0.2) is 22.1 Å². The van der Waals surface area contributed by atoms with Gasteiger partial charge in [-0.05, 0) is 25.5 Å². The number of carbonyl (C=O) groups is 1. The number of hydrogen-bond donors (Lipinski definition) is 2. The van der Waals surface area contributed by atoms with Crippen LogP contribution in [0, 0.1) is 0 Å². The number of aromatic nitrogens is 1. The molecular weight excluding hydrogens is 192 g/mol. The van der Waals surface area contributed by atoms with Crippen molar-refractivity contribution in [3.8, 4) is 0 Å². The maximum Gasteiger partial charge on any atom is 0.304 e. The average Bonchev–Trinajstić information content (AvgIpc) is 2.17. The summed E-state index contributed by atoms with van der Waals surface area (Å²) in [4.78, 5) is 14.5. The van der Waals surface area contributed by atoms with E-state index in [0.29, 0.717) is 0 Å². The minimum Gasteiger partial charge on any atom is -0.481 e. The van der Waals surface area contributed by atoms with Crippen molar-refractivity contribution in [3.63, 3.8) is 0 Å². The second-order valence-electron chi connectivity index (χ2n) is 3.67. The molecule has 2 N–H and O–H groups in total. The molecule has 4 heteroatoms. The van der Waals surface area contributed by atoms with Crippen molar-refractivity contribution in [2.75, 3.05) is 0 Å². The zero-order valence-electron chi connectivity index (χ0n) is 8.97. The number of rotatable bonds is 5. The van der Waals surface area contributed by atoms with Gasteiger partial charge in [0.1, 0.15) is 0 Å². The highest BCUT2D eigenvalue weighted by atomic mass is 16.4. The van der Waals surface area contributed by atoms with Gasteiger partial charge < -0.3 is 10.4 Å². The van der Waals surface area contributed by atoms with Crippen molar-refractivity contribution in [2.24, 2.45) is 0 Å². The average molecular weight is 208 g/mol. The lowest BCUT2D eigenvalue weighted by atomic mass is 10.1. The van der Waals surface area contributed by atoms with E-state index in [-0.39, 0.29) is 18.5 Å². The number of aliphatic carboxylic acids is 1. The second-order valence-corrected chi connectivity index (χ2v) is 3.67. The summed E-state index contributed by atoms with van der Waals surface area (Å²) in [5, 5.41) is 11.8. The normalized spacial score (nSPS) is 14.5. The van der Waals surface area contributed by atoms with Crippen molar-refractivity contribution >= 4 is 5.97 Å². The van der Waals surface area contributed by atoms with Gasteiger partial charge >= 0.3 is 5.97 Å². The summed E-state index contributed by atoms with van der Waals surface area (Å²) < 4.78 is 0. The molecule has 0 bridgehead atoms. The topological polar surface area (TPSA) is 62.2 Å². The Hall–Kier alpha value is -1.42. The molecule has 0 spiro atoms. The Kier molecular flexibility index (Phi) is 4.24. The highest BCUT2D eigenvalue weighted by Gasteiger charge is 2.11. The van der Waals surface area contributed by atoms with Crippen LogP contribution in [-0.2, 0) is 4.79 Å². The number of hydrogen-bond acceptors (Lipinski definition) is 3. The molecule has 1 aromatic rings. The molecule has 0 fully saturated rings. The predicted molar refractivity (Wildman–Crippen MR) is 57.5 cm³/mol. The molecule has 0 aliphatic rings. The monoisotopic (exact) mass is 208 g/mol. The molecule has 15 heavy (non-hydrogen) atoms. The van der Waals surface area contributed by atoms with Gasteiger partial charge in [0.25, 0.3) is 0 Å². The van der Waals surface area contributed by atoms with Crippen LogP contribution in [0.1, 0.15) is 31.9 Å². The Morgan fingerprint density at radius 3 is 2.87 bits per heavy atom. The third-order valence-corrected chi connectivity index (χ3v) is 2.20. The summed E-state index contributed by atoms with van der Waals surface area (Å²) in [6.07, 6.45) is 3.63. The zero-order valence-corrected chi connectivity index (χ0v) is 8.97. The SMILES string of the molecule is CC(CC(=O)O)N[C@@H](C)c1cccnc1. The van der Waals surface area contributed by atoms with Crippen molar-refractivity contribution in [3.05, 3.63) is 30.1 Å². The molecule has 1 heterocycles. The zero-order chi connectivity index (χ0) is 11.3. The fraction of sp³-hybridized carbons (Fsp3) is 0.455. The molecule has 4 nitrogen and oxygen atoms in total. The van der Waals surface area contributed by atoms with E-state index >= 15 is 0 Å². The van der Waals surface area contributed by atoms with Gasteiger partial charge in [0.15, 0.2) is 0 Å². The summed E-state index contributed by atoms with van der Waals surface area (Å²) in [6, 6.07) is 3.92. The van der Waals surface area contributed by atoms with E-state index in [1.54, 1.807) is 12.4 Å². The van der Waals surface area contributed by atoms with Crippen LogP contribution in [0.3, 0.4) is 0 Å². The summed E-state index contributed by atoms with van der Waals surface area (Å²) in [5.41, 5.74) is 1.06. The van der Waals surface area contributed by atoms with Crippen molar-refractivity contribution in [1.29, 1.82) is 0 Å². The molecular formula is C11H16N2O2. The molecule has 1 unspecified atom stereocenters. The minimum atomic E-state index is -0.784. The number of carboxylic acids is 1. The summed E-state index contributed by atoms with van der Waals surface area (Å²) in [6.45, 7) is 3.86. The molecule has 0 aliphatic heterocycles. The first-order valence-corrected chi connectivity index (χ1v) is 4.97. The molecule has 1 aromatic heterocycles. The largest absolute Gasteiger partial charge is 0.481 e. The third kappa shape index (κ3) is 4.08. The van der Waals surface area contributed by atoms with Gasteiger partial charge in [-0.25, -0.2) is 0 Å². The Morgan fingerprint density at radius 2 is 2.33 bits per heavy atom. The van der Waals surface area contributed by atoms with Gasteiger partial charge in [-0.3, -0.25) is 9.78 Å². The molecule has 1 rings (SSSR count). The van der Waals surface area contributed by atoms with Crippen LogP contribution in [0.15, 0.2) is 24.5 Å². The fourth-order valence-electron chi connectivity index (χ4n) is 1.48. The van der Waals surface area contributed by atoms with E-state index in [2.05, 4.69) is 10.3 Å². The van der Waals surface area contributed by atoms with Crippen LogP contribution in [0.4, 0.5) is 0 Å². The standard InChI is InChI=1S/C11H16N2O2/c1-8(6-11(14)15)13-9(2)10-4-3-5-12-7-10/h3-5,7-9,13H,6H2,1-2H3,(H,14,15)/t8?,9-/m0/s1. The number of nitrogens with zero attached hydrogens (tertiary/aromatic N) is 1. The molecule has 2 atom stereocenters. The van der Waals surface area contributed by atoms with Crippen molar-refractivity contribution in [2.45, 2.75) is 32.4 Å². The van der Waals surface area contributed by atoms with Crippen LogP contribution in [0.25, 0.3) is 0 Å².